The first-order chi connectivity index (χ1) is 12.4. The normalized spacial score (nSPS) is 14.3. The first-order valence-electron chi connectivity index (χ1n) is 8.52. The summed E-state index contributed by atoms with van der Waals surface area (Å²) >= 11 is 0. The van der Waals surface area contributed by atoms with Crippen LogP contribution in [0.15, 0.2) is 53.4 Å². The Labute approximate surface area is 153 Å². The van der Waals surface area contributed by atoms with Crippen molar-refractivity contribution in [1.82, 2.24) is 9.21 Å². The summed E-state index contributed by atoms with van der Waals surface area (Å²) in [4.78, 5) is 14.3. The van der Waals surface area contributed by atoms with Crippen LogP contribution in [-0.4, -0.2) is 43.2 Å². The van der Waals surface area contributed by atoms with E-state index >= 15 is 0 Å². The number of nitrogens with zero attached hydrogens (tertiary/aromatic N) is 2. The number of hydrogen-bond acceptors (Lipinski definition) is 3. The number of halogens is 1. The van der Waals surface area contributed by atoms with Gasteiger partial charge in [-0.2, -0.15) is 4.31 Å². The summed E-state index contributed by atoms with van der Waals surface area (Å²) in [6, 6.07) is 12.6. The minimum absolute atomic E-state index is 0.0162. The zero-order valence-electron chi connectivity index (χ0n) is 14.6. The molecule has 1 heterocycles. The van der Waals surface area contributed by atoms with Crippen molar-refractivity contribution in [3.8, 4) is 0 Å². The van der Waals surface area contributed by atoms with E-state index in [0.717, 1.165) is 28.4 Å². The molecular formula is C19H21FN2O3S. The summed E-state index contributed by atoms with van der Waals surface area (Å²) in [5, 5.41) is 0. The van der Waals surface area contributed by atoms with Crippen LogP contribution >= 0.6 is 0 Å². The van der Waals surface area contributed by atoms with E-state index in [0.29, 0.717) is 13.1 Å². The van der Waals surface area contributed by atoms with E-state index in [2.05, 4.69) is 6.07 Å². The van der Waals surface area contributed by atoms with E-state index in [4.69, 9.17) is 0 Å². The van der Waals surface area contributed by atoms with Crippen LogP contribution in [0.1, 0.15) is 18.1 Å². The molecule has 0 spiro atoms. The molecule has 2 aromatic rings. The Kier molecular flexibility index (Phi) is 5.38. The molecule has 138 valence electrons. The van der Waals surface area contributed by atoms with Gasteiger partial charge in [0, 0.05) is 19.6 Å². The number of fused-ring (bicyclic) bond motifs is 1. The lowest BCUT2D eigenvalue weighted by atomic mass is 10.00. The second-order valence-corrected chi connectivity index (χ2v) is 8.16. The van der Waals surface area contributed by atoms with Crippen molar-refractivity contribution in [3.05, 3.63) is 65.5 Å². The predicted molar refractivity (Wildman–Crippen MR) is 96.4 cm³/mol. The van der Waals surface area contributed by atoms with Crippen LogP contribution < -0.4 is 0 Å². The zero-order chi connectivity index (χ0) is 18.7. The summed E-state index contributed by atoms with van der Waals surface area (Å²) in [7, 11) is -3.84. The first-order valence-corrected chi connectivity index (χ1v) is 9.96. The standard InChI is InChI=1S/C19H21FN2O3S/c1-2-22(26(24,25)18-9-7-17(20)8-10-18)14-19(23)21-12-11-15-5-3-4-6-16(15)13-21/h3-10H,2,11-14H2,1H3. The molecule has 26 heavy (non-hydrogen) atoms. The van der Waals surface area contributed by atoms with Gasteiger partial charge in [-0.1, -0.05) is 31.2 Å². The molecule has 0 fully saturated rings. The Hall–Kier alpha value is -2.25. The molecule has 2 aromatic carbocycles. The summed E-state index contributed by atoms with van der Waals surface area (Å²) in [5.41, 5.74) is 2.32. The van der Waals surface area contributed by atoms with E-state index in [9.17, 15) is 17.6 Å². The van der Waals surface area contributed by atoms with Crippen LogP contribution in [0.3, 0.4) is 0 Å². The largest absolute Gasteiger partial charge is 0.337 e. The van der Waals surface area contributed by atoms with Gasteiger partial charge in [-0.15, -0.1) is 0 Å². The molecule has 0 atom stereocenters. The van der Waals surface area contributed by atoms with Gasteiger partial charge in [0.2, 0.25) is 15.9 Å². The van der Waals surface area contributed by atoms with Gasteiger partial charge in [-0.25, -0.2) is 12.8 Å². The maximum atomic E-state index is 13.1. The van der Waals surface area contributed by atoms with Gasteiger partial charge in [-0.3, -0.25) is 4.79 Å². The zero-order valence-corrected chi connectivity index (χ0v) is 15.4. The SMILES string of the molecule is CCN(CC(=O)N1CCc2ccccc2C1)S(=O)(=O)c1ccc(F)cc1. The third-order valence-corrected chi connectivity index (χ3v) is 6.53. The first kappa shape index (κ1) is 18.5. The van der Waals surface area contributed by atoms with Crippen LogP contribution in [0.4, 0.5) is 4.39 Å². The number of amides is 1. The minimum Gasteiger partial charge on any atom is -0.337 e. The second kappa shape index (κ2) is 7.55. The lowest BCUT2D eigenvalue weighted by Gasteiger charge is -2.30. The number of sulfonamides is 1. The Morgan fingerprint density at radius 1 is 1.12 bits per heavy atom. The van der Waals surface area contributed by atoms with Crippen LogP contribution in [0.25, 0.3) is 0 Å². The maximum absolute atomic E-state index is 13.1. The van der Waals surface area contributed by atoms with Crippen LogP contribution in [0.2, 0.25) is 0 Å². The van der Waals surface area contributed by atoms with Gasteiger partial charge in [0.1, 0.15) is 5.82 Å². The van der Waals surface area contributed by atoms with Crippen LogP contribution in [0, 0.1) is 5.82 Å². The Balaban J connectivity index is 1.74. The highest BCUT2D eigenvalue weighted by Crippen LogP contribution is 2.20. The Bertz CT molecular complexity index is 897. The highest BCUT2D eigenvalue weighted by Gasteiger charge is 2.28. The predicted octanol–water partition coefficient (Wildman–Crippen LogP) is 2.42. The van der Waals surface area contributed by atoms with E-state index < -0.39 is 15.8 Å². The molecular weight excluding hydrogens is 355 g/mol. The molecule has 0 saturated carbocycles. The molecule has 0 N–H and O–H groups in total. The van der Waals surface area contributed by atoms with Crippen molar-refractivity contribution in [2.24, 2.45) is 0 Å². The van der Waals surface area contributed by atoms with Gasteiger partial charge in [0.25, 0.3) is 0 Å². The average Bonchev–Trinajstić information content (AvgIpc) is 2.65. The third kappa shape index (κ3) is 3.78. The fourth-order valence-corrected chi connectivity index (χ4v) is 4.48. The summed E-state index contributed by atoms with van der Waals surface area (Å²) < 4.78 is 39.6. The van der Waals surface area contributed by atoms with Gasteiger partial charge < -0.3 is 4.90 Å². The number of carbonyl (C=O) groups excluding carboxylic acids is 1. The van der Waals surface area contributed by atoms with Crippen molar-refractivity contribution in [1.29, 1.82) is 0 Å². The Morgan fingerprint density at radius 3 is 2.42 bits per heavy atom. The molecule has 7 heteroatoms. The van der Waals surface area contributed by atoms with Crippen molar-refractivity contribution < 1.29 is 17.6 Å². The molecule has 0 saturated heterocycles. The number of rotatable bonds is 5. The molecule has 0 bridgehead atoms. The molecule has 3 rings (SSSR count). The number of carbonyl (C=O) groups is 1. The average molecular weight is 376 g/mol. The quantitative estimate of drug-likeness (QED) is 0.805. The molecule has 1 amide bonds. The molecule has 5 nitrogen and oxygen atoms in total. The van der Waals surface area contributed by atoms with Crippen LogP contribution in [0.5, 0.6) is 0 Å². The minimum atomic E-state index is -3.84. The monoisotopic (exact) mass is 376 g/mol. The summed E-state index contributed by atoms with van der Waals surface area (Å²) in [6.45, 7) is 2.68. The second-order valence-electron chi connectivity index (χ2n) is 6.22. The van der Waals surface area contributed by atoms with Gasteiger partial charge in [0.15, 0.2) is 0 Å². The maximum Gasteiger partial charge on any atom is 0.243 e. The van der Waals surface area contributed by atoms with Gasteiger partial charge >= 0.3 is 0 Å². The highest BCUT2D eigenvalue weighted by atomic mass is 32.2. The van der Waals surface area contributed by atoms with Crippen molar-refractivity contribution in [3.63, 3.8) is 0 Å². The number of benzene rings is 2. The van der Waals surface area contributed by atoms with Gasteiger partial charge in [-0.05, 0) is 41.8 Å². The van der Waals surface area contributed by atoms with Crippen molar-refractivity contribution in [2.75, 3.05) is 19.6 Å². The molecule has 0 aromatic heterocycles. The Morgan fingerprint density at radius 2 is 1.77 bits per heavy atom. The molecule has 1 aliphatic rings. The molecule has 0 radical (unpaired) electrons. The number of hydrogen-bond donors (Lipinski definition) is 0. The van der Waals surface area contributed by atoms with Gasteiger partial charge in [0.05, 0.1) is 11.4 Å². The summed E-state index contributed by atoms with van der Waals surface area (Å²) in [6.07, 6.45) is 0.763. The van der Waals surface area contributed by atoms with E-state index in [1.165, 1.54) is 17.7 Å². The van der Waals surface area contributed by atoms with E-state index in [1.807, 2.05) is 18.2 Å². The van der Waals surface area contributed by atoms with Crippen molar-refractivity contribution >= 4 is 15.9 Å². The topological polar surface area (TPSA) is 57.7 Å². The van der Waals surface area contributed by atoms with Crippen LogP contribution in [-0.2, 0) is 27.8 Å². The molecule has 0 unspecified atom stereocenters. The van der Waals surface area contributed by atoms with Crippen molar-refractivity contribution in [2.45, 2.75) is 24.8 Å². The highest BCUT2D eigenvalue weighted by molar-refractivity contribution is 7.89. The lowest BCUT2D eigenvalue weighted by molar-refractivity contribution is -0.132. The number of likely N-dealkylation sites (N-methyl/N-ethyl adjacent to an activating group) is 1. The van der Waals surface area contributed by atoms with E-state index in [-0.39, 0.29) is 23.9 Å². The van der Waals surface area contributed by atoms with E-state index in [1.54, 1.807) is 11.8 Å². The fraction of sp³-hybridized carbons (Fsp3) is 0.316. The molecule has 0 aliphatic carbocycles. The molecule has 1 aliphatic heterocycles. The summed E-state index contributed by atoms with van der Waals surface area (Å²) in [5.74, 6) is -0.734. The fourth-order valence-electron chi connectivity index (χ4n) is 3.08. The third-order valence-electron chi connectivity index (χ3n) is 4.60. The smallest absolute Gasteiger partial charge is 0.243 e. The lowest BCUT2D eigenvalue weighted by Crippen LogP contribution is -2.44.